The molecule has 4 heteroatoms. The molecule has 0 spiro atoms. The van der Waals surface area contributed by atoms with Crippen LogP contribution >= 0.6 is 0 Å². The van der Waals surface area contributed by atoms with Crippen LogP contribution in [0.25, 0.3) is 17.0 Å². The van der Waals surface area contributed by atoms with E-state index in [9.17, 15) is 4.79 Å². The third-order valence-corrected chi connectivity index (χ3v) is 2.65. The number of aromatic nitrogens is 1. The quantitative estimate of drug-likeness (QED) is 0.510. The molecule has 19 heavy (non-hydrogen) atoms. The molecule has 0 amide bonds. The molecule has 0 radical (unpaired) electrons. The van der Waals surface area contributed by atoms with Gasteiger partial charge in [0.1, 0.15) is 0 Å². The molecular weight excluding hydrogens is 242 g/mol. The average Bonchev–Trinajstić information content (AvgIpc) is 2.86. The Morgan fingerprint density at radius 2 is 2.00 bits per heavy atom. The Morgan fingerprint density at radius 1 is 1.21 bits per heavy atom. The summed E-state index contributed by atoms with van der Waals surface area (Å²) in [7, 11) is 0. The second kappa shape index (κ2) is 6.09. The Kier molecular flexibility index (Phi) is 4.23. The highest BCUT2D eigenvalue weighted by Crippen LogP contribution is 2.17. The fourth-order valence-electron chi connectivity index (χ4n) is 1.82. The van der Waals surface area contributed by atoms with Gasteiger partial charge in [-0.05, 0) is 43.0 Å². The van der Waals surface area contributed by atoms with Crippen molar-refractivity contribution in [3.05, 3.63) is 41.8 Å². The van der Waals surface area contributed by atoms with Gasteiger partial charge in [0.15, 0.2) is 0 Å². The molecule has 1 aromatic carbocycles. The SMILES string of the molecule is CCOC(=O)/C(=C/c1ccc2cc[nH]c2c1)OCC. The topological polar surface area (TPSA) is 51.3 Å². The first-order chi connectivity index (χ1) is 9.24. The average molecular weight is 259 g/mol. The van der Waals surface area contributed by atoms with Gasteiger partial charge in [0.05, 0.1) is 13.2 Å². The van der Waals surface area contributed by atoms with E-state index in [4.69, 9.17) is 9.47 Å². The van der Waals surface area contributed by atoms with E-state index in [0.29, 0.717) is 13.2 Å². The third kappa shape index (κ3) is 3.16. The molecule has 0 aliphatic heterocycles. The molecule has 0 bridgehead atoms. The third-order valence-electron chi connectivity index (χ3n) is 2.65. The second-order valence-electron chi connectivity index (χ2n) is 3.99. The number of aromatic amines is 1. The molecule has 0 aliphatic carbocycles. The van der Waals surface area contributed by atoms with Crippen LogP contribution in [0.1, 0.15) is 19.4 Å². The highest BCUT2D eigenvalue weighted by atomic mass is 16.6. The lowest BCUT2D eigenvalue weighted by Crippen LogP contribution is -2.10. The van der Waals surface area contributed by atoms with Crippen LogP contribution in [0, 0.1) is 0 Å². The van der Waals surface area contributed by atoms with E-state index in [2.05, 4.69) is 4.98 Å². The van der Waals surface area contributed by atoms with E-state index in [-0.39, 0.29) is 5.76 Å². The maximum absolute atomic E-state index is 11.7. The molecular formula is C15H17NO3. The first-order valence-electron chi connectivity index (χ1n) is 6.33. The maximum atomic E-state index is 11.7. The first kappa shape index (κ1) is 13.2. The number of fused-ring (bicyclic) bond motifs is 1. The van der Waals surface area contributed by atoms with Gasteiger partial charge < -0.3 is 14.5 Å². The van der Waals surface area contributed by atoms with Gasteiger partial charge in [-0.1, -0.05) is 12.1 Å². The standard InChI is InChI=1S/C15H17NO3/c1-3-18-14(15(17)19-4-2)10-11-5-6-12-7-8-16-13(12)9-11/h5-10,16H,3-4H2,1-2H3/b14-10-. The molecule has 4 nitrogen and oxygen atoms in total. The molecule has 0 saturated heterocycles. The number of benzene rings is 1. The molecule has 0 fully saturated rings. The smallest absolute Gasteiger partial charge is 0.373 e. The van der Waals surface area contributed by atoms with Crippen molar-refractivity contribution in [3.8, 4) is 0 Å². The van der Waals surface area contributed by atoms with Crippen molar-refractivity contribution in [2.24, 2.45) is 0 Å². The molecule has 1 aromatic heterocycles. The Labute approximate surface area is 112 Å². The van der Waals surface area contributed by atoms with E-state index < -0.39 is 5.97 Å². The minimum absolute atomic E-state index is 0.232. The van der Waals surface area contributed by atoms with Gasteiger partial charge in [-0.2, -0.15) is 0 Å². The largest absolute Gasteiger partial charge is 0.487 e. The number of ether oxygens (including phenoxy) is 2. The van der Waals surface area contributed by atoms with Crippen molar-refractivity contribution in [1.82, 2.24) is 4.98 Å². The van der Waals surface area contributed by atoms with Crippen LogP contribution in [0.5, 0.6) is 0 Å². The summed E-state index contributed by atoms with van der Waals surface area (Å²) in [6.07, 6.45) is 3.58. The highest BCUT2D eigenvalue weighted by molar-refractivity contribution is 5.92. The molecule has 2 rings (SSSR count). The van der Waals surface area contributed by atoms with Crippen molar-refractivity contribution >= 4 is 22.9 Å². The molecule has 0 saturated carbocycles. The molecule has 1 heterocycles. The lowest BCUT2D eigenvalue weighted by molar-refractivity contribution is -0.142. The van der Waals surface area contributed by atoms with Gasteiger partial charge in [0.25, 0.3) is 0 Å². The van der Waals surface area contributed by atoms with Crippen molar-refractivity contribution in [3.63, 3.8) is 0 Å². The zero-order valence-corrected chi connectivity index (χ0v) is 11.1. The minimum atomic E-state index is -0.434. The predicted molar refractivity (Wildman–Crippen MR) is 74.5 cm³/mol. The predicted octanol–water partition coefficient (Wildman–Crippen LogP) is 3.11. The van der Waals surface area contributed by atoms with Gasteiger partial charge in [0, 0.05) is 11.7 Å². The van der Waals surface area contributed by atoms with E-state index in [1.54, 1.807) is 13.0 Å². The summed E-state index contributed by atoms with van der Waals surface area (Å²) in [5.41, 5.74) is 1.92. The fraction of sp³-hybridized carbons (Fsp3) is 0.267. The molecule has 100 valence electrons. The number of hydrogen-bond donors (Lipinski definition) is 1. The molecule has 0 unspecified atom stereocenters. The van der Waals surface area contributed by atoms with E-state index >= 15 is 0 Å². The van der Waals surface area contributed by atoms with E-state index in [1.165, 1.54) is 0 Å². The van der Waals surface area contributed by atoms with Gasteiger partial charge in [-0.15, -0.1) is 0 Å². The summed E-state index contributed by atoms with van der Waals surface area (Å²) in [5.74, 6) is -0.203. The number of H-pyrrole nitrogens is 1. The van der Waals surface area contributed by atoms with Gasteiger partial charge in [-0.3, -0.25) is 0 Å². The lowest BCUT2D eigenvalue weighted by Gasteiger charge is -2.07. The normalized spacial score (nSPS) is 11.6. The summed E-state index contributed by atoms with van der Waals surface area (Å²) in [5, 5.41) is 1.13. The Bertz CT molecular complexity index is 598. The second-order valence-corrected chi connectivity index (χ2v) is 3.99. The zero-order valence-electron chi connectivity index (χ0n) is 11.1. The van der Waals surface area contributed by atoms with Gasteiger partial charge in [0.2, 0.25) is 5.76 Å². The summed E-state index contributed by atoms with van der Waals surface area (Å²) >= 11 is 0. The van der Waals surface area contributed by atoms with Crippen LogP contribution in [0.2, 0.25) is 0 Å². The van der Waals surface area contributed by atoms with E-state index in [0.717, 1.165) is 16.5 Å². The maximum Gasteiger partial charge on any atom is 0.373 e. The van der Waals surface area contributed by atoms with Crippen LogP contribution in [0.4, 0.5) is 0 Å². The number of carbonyl (C=O) groups excluding carboxylic acids is 1. The Hall–Kier alpha value is -2.23. The van der Waals surface area contributed by atoms with Crippen molar-refractivity contribution < 1.29 is 14.3 Å². The number of esters is 1. The van der Waals surface area contributed by atoms with Crippen molar-refractivity contribution in [1.29, 1.82) is 0 Å². The lowest BCUT2D eigenvalue weighted by atomic mass is 10.1. The molecule has 0 aliphatic rings. The fourth-order valence-corrected chi connectivity index (χ4v) is 1.82. The summed E-state index contributed by atoms with van der Waals surface area (Å²) in [4.78, 5) is 14.9. The van der Waals surface area contributed by atoms with Crippen LogP contribution in [0.3, 0.4) is 0 Å². The van der Waals surface area contributed by atoms with E-state index in [1.807, 2.05) is 37.4 Å². The number of carbonyl (C=O) groups is 1. The molecule has 2 aromatic rings. The van der Waals surface area contributed by atoms with Crippen molar-refractivity contribution in [2.75, 3.05) is 13.2 Å². The molecule has 1 N–H and O–H groups in total. The van der Waals surface area contributed by atoms with Crippen LogP contribution < -0.4 is 0 Å². The van der Waals surface area contributed by atoms with Crippen molar-refractivity contribution in [2.45, 2.75) is 13.8 Å². The van der Waals surface area contributed by atoms with Crippen LogP contribution in [-0.2, 0) is 14.3 Å². The Balaban J connectivity index is 2.30. The zero-order chi connectivity index (χ0) is 13.7. The summed E-state index contributed by atoms with van der Waals surface area (Å²) < 4.78 is 10.3. The number of hydrogen-bond acceptors (Lipinski definition) is 3. The monoisotopic (exact) mass is 259 g/mol. The van der Waals surface area contributed by atoms with Crippen LogP contribution in [0.15, 0.2) is 36.2 Å². The first-order valence-corrected chi connectivity index (χ1v) is 6.33. The van der Waals surface area contributed by atoms with Gasteiger partial charge in [-0.25, -0.2) is 4.79 Å². The molecule has 0 atom stereocenters. The highest BCUT2D eigenvalue weighted by Gasteiger charge is 2.11. The number of rotatable bonds is 5. The minimum Gasteiger partial charge on any atom is -0.487 e. The van der Waals surface area contributed by atoms with Gasteiger partial charge >= 0.3 is 5.97 Å². The Morgan fingerprint density at radius 3 is 2.74 bits per heavy atom. The summed E-state index contributed by atoms with van der Waals surface area (Å²) in [6.45, 7) is 4.36. The number of nitrogens with one attached hydrogen (secondary N) is 1. The summed E-state index contributed by atoms with van der Waals surface area (Å²) in [6, 6.07) is 7.89. The van der Waals surface area contributed by atoms with Crippen LogP contribution in [-0.4, -0.2) is 24.2 Å².